The Hall–Kier alpha value is -2.61. The zero-order chi connectivity index (χ0) is 16.2. The largest absolute Gasteiger partial charge is 0.310 e. The number of hydrogen-bond donors (Lipinski definition) is 0. The van der Waals surface area contributed by atoms with Crippen LogP contribution in [0, 0.1) is 0 Å². The lowest BCUT2D eigenvalue weighted by molar-refractivity contribution is -0.118. The maximum atomic E-state index is 12.8. The lowest BCUT2D eigenvalue weighted by atomic mass is 10.0. The number of para-hydroxylation sites is 1. The van der Waals surface area contributed by atoms with Gasteiger partial charge in [0, 0.05) is 11.7 Å². The molecule has 0 saturated heterocycles. The lowest BCUT2D eigenvalue weighted by Gasteiger charge is -2.27. The van der Waals surface area contributed by atoms with E-state index in [0.29, 0.717) is 6.42 Å². The van der Waals surface area contributed by atoms with Gasteiger partial charge in [0.25, 0.3) is 0 Å². The van der Waals surface area contributed by atoms with Gasteiger partial charge in [-0.1, -0.05) is 60.7 Å². The Bertz CT molecular complexity index is 808. The number of fused-ring (bicyclic) bond motifs is 1. The van der Waals surface area contributed by atoms with Crippen molar-refractivity contribution in [3.63, 3.8) is 0 Å². The topological polar surface area (TPSA) is 20.3 Å². The third-order valence-corrected chi connectivity index (χ3v) is 3.99. The maximum Gasteiger partial charge on any atom is 0.231 e. The van der Waals surface area contributed by atoms with Crippen molar-refractivity contribution < 1.29 is 4.79 Å². The van der Waals surface area contributed by atoms with Crippen LogP contribution < -0.4 is 4.90 Å². The second-order valence-corrected chi connectivity index (χ2v) is 6.05. The summed E-state index contributed by atoms with van der Waals surface area (Å²) in [6.07, 6.45) is 0.415. The summed E-state index contributed by atoms with van der Waals surface area (Å²) in [5, 5.41) is 2.38. The fourth-order valence-electron chi connectivity index (χ4n) is 2.93. The van der Waals surface area contributed by atoms with Crippen LogP contribution in [-0.2, 0) is 11.2 Å². The van der Waals surface area contributed by atoms with Gasteiger partial charge in [0.2, 0.25) is 5.91 Å². The van der Waals surface area contributed by atoms with Crippen LogP contribution in [0.25, 0.3) is 10.8 Å². The Labute approximate surface area is 137 Å². The van der Waals surface area contributed by atoms with Gasteiger partial charge >= 0.3 is 0 Å². The van der Waals surface area contributed by atoms with E-state index < -0.39 is 0 Å². The number of benzene rings is 3. The summed E-state index contributed by atoms with van der Waals surface area (Å²) in [7, 11) is 0. The van der Waals surface area contributed by atoms with E-state index in [1.807, 2.05) is 67.3 Å². The molecule has 2 heteroatoms. The highest BCUT2D eigenvalue weighted by atomic mass is 16.2. The standard InChI is InChI=1S/C21H21NO/c1-16(2)22(20-10-4-3-5-11-20)21(23)15-17-12-13-18-8-6-7-9-19(18)14-17/h3-14,16H,15H2,1-2H3. The van der Waals surface area contributed by atoms with Crippen molar-refractivity contribution in [1.29, 1.82) is 0 Å². The molecule has 0 N–H and O–H groups in total. The summed E-state index contributed by atoms with van der Waals surface area (Å²) < 4.78 is 0. The average Bonchev–Trinajstić information content (AvgIpc) is 2.55. The number of nitrogens with zero attached hydrogens (tertiary/aromatic N) is 1. The molecular formula is C21H21NO. The Morgan fingerprint density at radius 2 is 1.52 bits per heavy atom. The highest BCUT2D eigenvalue weighted by Crippen LogP contribution is 2.20. The van der Waals surface area contributed by atoms with Crippen LogP contribution in [0.4, 0.5) is 5.69 Å². The van der Waals surface area contributed by atoms with Gasteiger partial charge < -0.3 is 4.90 Å². The summed E-state index contributed by atoms with van der Waals surface area (Å²) >= 11 is 0. The van der Waals surface area contributed by atoms with Gasteiger partial charge in [-0.05, 0) is 42.3 Å². The van der Waals surface area contributed by atoms with Gasteiger partial charge in [-0.2, -0.15) is 0 Å². The van der Waals surface area contributed by atoms with Crippen LogP contribution >= 0.6 is 0 Å². The first-order valence-corrected chi connectivity index (χ1v) is 8.00. The zero-order valence-corrected chi connectivity index (χ0v) is 13.6. The van der Waals surface area contributed by atoms with E-state index in [2.05, 4.69) is 24.3 Å². The summed E-state index contributed by atoms with van der Waals surface area (Å²) in [4.78, 5) is 14.7. The van der Waals surface area contributed by atoms with Crippen LogP contribution in [0.1, 0.15) is 19.4 Å². The summed E-state index contributed by atoms with van der Waals surface area (Å²) in [6, 6.07) is 24.5. The summed E-state index contributed by atoms with van der Waals surface area (Å²) in [5.41, 5.74) is 2.00. The zero-order valence-electron chi connectivity index (χ0n) is 13.6. The van der Waals surface area contributed by atoms with E-state index in [1.165, 1.54) is 10.8 Å². The van der Waals surface area contributed by atoms with E-state index in [-0.39, 0.29) is 11.9 Å². The minimum atomic E-state index is 0.126. The highest BCUT2D eigenvalue weighted by Gasteiger charge is 2.19. The molecule has 0 atom stereocenters. The Morgan fingerprint density at radius 3 is 2.22 bits per heavy atom. The molecule has 0 aliphatic carbocycles. The number of carbonyl (C=O) groups excluding carboxylic acids is 1. The molecule has 0 aliphatic heterocycles. The monoisotopic (exact) mass is 303 g/mol. The van der Waals surface area contributed by atoms with Crippen molar-refractivity contribution >= 4 is 22.4 Å². The van der Waals surface area contributed by atoms with Crippen molar-refractivity contribution in [2.45, 2.75) is 26.3 Å². The van der Waals surface area contributed by atoms with E-state index in [4.69, 9.17) is 0 Å². The number of rotatable bonds is 4. The van der Waals surface area contributed by atoms with Crippen molar-refractivity contribution in [2.24, 2.45) is 0 Å². The van der Waals surface area contributed by atoms with Crippen LogP contribution in [0.2, 0.25) is 0 Å². The fraction of sp³-hybridized carbons (Fsp3) is 0.190. The fourth-order valence-corrected chi connectivity index (χ4v) is 2.93. The van der Waals surface area contributed by atoms with Crippen LogP contribution in [0.3, 0.4) is 0 Å². The minimum absolute atomic E-state index is 0.126. The van der Waals surface area contributed by atoms with E-state index in [0.717, 1.165) is 11.3 Å². The summed E-state index contributed by atoms with van der Waals surface area (Å²) in [6.45, 7) is 4.09. The molecule has 0 spiro atoms. The molecule has 23 heavy (non-hydrogen) atoms. The van der Waals surface area contributed by atoms with E-state index in [9.17, 15) is 4.79 Å². The second kappa shape index (κ2) is 6.66. The molecule has 3 aromatic rings. The number of carbonyl (C=O) groups is 1. The van der Waals surface area contributed by atoms with Gasteiger partial charge in [0.1, 0.15) is 0 Å². The Balaban J connectivity index is 1.86. The Kier molecular flexibility index (Phi) is 4.42. The van der Waals surface area contributed by atoms with Gasteiger partial charge in [-0.15, -0.1) is 0 Å². The van der Waals surface area contributed by atoms with Crippen molar-refractivity contribution in [3.8, 4) is 0 Å². The lowest BCUT2D eigenvalue weighted by Crippen LogP contribution is -2.38. The molecule has 0 bridgehead atoms. The third-order valence-electron chi connectivity index (χ3n) is 3.99. The Morgan fingerprint density at radius 1 is 0.870 bits per heavy atom. The van der Waals surface area contributed by atoms with Crippen LogP contribution in [0.15, 0.2) is 72.8 Å². The second-order valence-electron chi connectivity index (χ2n) is 6.05. The smallest absolute Gasteiger partial charge is 0.231 e. The van der Waals surface area contributed by atoms with Crippen molar-refractivity contribution in [1.82, 2.24) is 0 Å². The predicted octanol–water partition coefficient (Wildman–Crippen LogP) is 4.82. The van der Waals surface area contributed by atoms with E-state index in [1.54, 1.807) is 0 Å². The molecule has 1 amide bonds. The van der Waals surface area contributed by atoms with Gasteiger partial charge in [0.05, 0.1) is 6.42 Å². The molecule has 2 nitrogen and oxygen atoms in total. The molecule has 3 rings (SSSR count). The molecule has 0 heterocycles. The van der Waals surface area contributed by atoms with Gasteiger partial charge in [0.15, 0.2) is 0 Å². The molecule has 0 fully saturated rings. The molecule has 0 aliphatic rings. The first-order chi connectivity index (χ1) is 11.1. The number of hydrogen-bond acceptors (Lipinski definition) is 1. The van der Waals surface area contributed by atoms with Crippen molar-refractivity contribution in [3.05, 3.63) is 78.4 Å². The SMILES string of the molecule is CC(C)N(C(=O)Cc1ccc2ccccc2c1)c1ccccc1. The highest BCUT2D eigenvalue weighted by molar-refractivity contribution is 5.96. The average molecular weight is 303 g/mol. The summed E-state index contributed by atoms with van der Waals surface area (Å²) in [5.74, 6) is 0.126. The minimum Gasteiger partial charge on any atom is -0.310 e. The van der Waals surface area contributed by atoms with Crippen LogP contribution in [-0.4, -0.2) is 11.9 Å². The predicted molar refractivity (Wildman–Crippen MR) is 96.7 cm³/mol. The molecule has 0 saturated carbocycles. The molecule has 0 unspecified atom stereocenters. The molecule has 116 valence electrons. The molecule has 3 aromatic carbocycles. The normalized spacial score (nSPS) is 10.9. The maximum absolute atomic E-state index is 12.8. The van der Waals surface area contributed by atoms with Gasteiger partial charge in [-0.25, -0.2) is 0 Å². The first kappa shape index (κ1) is 15.3. The third kappa shape index (κ3) is 3.42. The van der Waals surface area contributed by atoms with Gasteiger partial charge in [-0.3, -0.25) is 4.79 Å². The molecular weight excluding hydrogens is 282 g/mol. The number of anilines is 1. The van der Waals surface area contributed by atoms with E-state index >= 15 is 0 Å². The quantitative estimate of drug-likeness (QED) is 0.676. The molecule has 0 radical (unpaired) electrons. The molecule has 0 aromatic heterocycles. The van der Waals surface area contributed by atoms with Crippen LogP contribution in [0.5, 0.6) is 0 Å². The van der Waals surface area contributed by atoms with Crippen molar-refractivity contribution in [2.75, 3.05) is 4.90 Å². The first-order valence-electron chi connectivity index (χ1n) is 8.00. The number of amides is 1.